The lowest BCUT2D eigenvalue weighted by Gasteiger charge is -2.09. The fourth-order valence-corrected chi connectivity index (χ4v) is 2.55. The van der Waals surface area contributed by atoms with Crippen LogP contribution in [0.3, 0.4) is 0 Å². The zero-order valence-electron chi connectivity index (χ0n) is 16.6. The molecule has 7 nitrogen and oxygen atoms in total. The zero-order valence-corrected chi connectivity index (χ0v) is 16.6. The maximum Gasteiger partial charge on any atom is 0.287 e. The van der Waals surface area contributed by atoms with Gasteiger partial charge in [-0.3, -0.25) is 9.59 Å². The van der Waals surface area contributed by atoms with E-state index in [1.165, 1.54) is 6.21 Å². The molecule has 0 saturated carbocycles. The van der Waals surface area contributed by atoms with Gasteiger partial charge in [0.25, 0.3) is 11.8 Å². The van der Waals surface area contributed by atoms with E-state index in [0.717, 1.165) is 5.76 Å². The summed E-state index contributed by atoms with van der Waals surface area (Å²) in [6.45, 7) is 1.81. The van der Waals surface area contributed by atoms with Gasteiger partial charge in [0.1, 0.15) is 23.0 Å². The number of benzene rings is 2. The van der Waals surface area contributed by atoms with Crippen molar-refractivity contribution >= 4 is 24.1 Å². The van der Waals surface area contributed by atoms with Gasteiger partial charge in [0.15, 0.2) is 0 Å². The van der Waals surface area contributed by atoms with Crippen LogP contribution in [0.25, 0.3) is 6.08 Å². The number of furan rings is 1. The number of nitrogens with zero attached hydrogens (tertiary/aromatic N) is 1. The summed E-state index contributed by atoms with van der Waals surface area (Å²) in [6, 6.07) is 19.2. The standard InChI is InChI=1S/C23H21N3O4/c1-16-8-11-20(30-16)15-24-26-23(28)21(14-17-9-12-19(29-2)13-10-17)25-22(27)18-6-4-3-5-7-18/h3-15H,1-2H3,(H,25,27)(H,26,28)/b21-14+,24-15-. The van der Waals surface area contributed by atoms with Crippen LogP contribution in [0.1, 0.15) is 27.4 Å². The molecule has 0 aliphatic rings. The first-order valence-electron chi connectivity index (χ1n) is 9.17. The summed E-state index contributed by atoms with van der Waals surface area (Å²) in [5, 5.41) is 6.54. The second-order valence-electron chi connectivity index (χ2n) is 6.30. The highest BCUT2D eigenvalue weighted by Gasteiger charge is 2.14. The molecule has 152 valence electrons. The number of carbonyl (C=O) groups excluding carboxylic acids is 2. The Morgan fingerprint density at radius 2 is 1.73 bits per heavy atom. The molecule has 1 heterocycles. The Morgan fingerprint density at radius 1 is 1.00 bits per heavy atom. The molecule has 1 aromatic heterocycles. The van der Waals surface area contributed by atoms with Crippen molar-refractivity contribution in [2.75, 3.05) is 7.11 Å². The number of amides is 2. The molecule has 0 unspecified atom stereocenters. The molecular formula is C23H21N3O4. The fourth-order valence-electron chi connectivity index (χ4n) is 2.55. The van der Waals surface area contributed by atoms with Gasteiger partial charge in [-0.25, -0.2) is 5.43 Å². The molecule has 0 atom stereocenters. The number of hydrazone groups is 1. The number of aryl methyl sites for hydroxylation is 1. The molecule has 2 aromatic carbocycles. The third-order valence-corrected chi connectivity index (χ3v) is 4.07. The van der Waals surface area contributed by atoms with E-state index in [0.29, 0.717) is 22.6 Å². The first-order chi connectivity index (χ1) is 14.5. The molecule has 3 aromatic rings. The number of hydrogen-bond acceptors (Lipinski definition) is 5. The van der Waals surface area contributed by atoms with Crippen LogP contribution in [0, 0.1) is 6.92 Å². The van der Waals surface area contributed by atoms with Crippen molar-refractivity contribution < 1.29 is 18.7 Å². The summed E-state index contributed by atoms with van der Waals surface area (Å²) in [5.41, 5.74) is 3.59. The Kier molecular flexibility index (Phi) is 6.78. The van der Waals surface area contributed by atoms with Gasteiger partial charge < -0.3 is 14.5 Å². The molecule has 7 heteroatoms. The quantitative estimate of drug-likeness (QED) is 0.359. The normalized spacial score (nSPS) is 11.3. The molecule has 0 bridgehead atoms. The highest BCUT2D eigenvalue weighted by molar-refractivity contribution is 6.05. The number of ether oxygens (including phenoxy) is 1. The second-order valence-corrected chi connectivity index (χ2v) is 6.30. The molecule has 0 radical (unpaired) electrons. The van der Waals surface area contributed by atoms with E-state index in [1.54, 1.807) is 73.8 Å². The third-order valence-electron chi connectivity index (χ3n) is 4.07. The minimum Gasteiger partial charge on any atom is -0.497 e. The van der Waals surface area contributed by atoms with Gasteiger partial charge in [-0.15, -0.1) is 0 Å². The Morgan fingerprint density at radius 3 is 2.37 bits per heavy atom. The minimum absolute atomic E-state index is 0.0433. The van der Waals surface area contributed by atoms with Crippen LogP contribution in [0.4, 0.5) is 0 Å². The van der Waals surface area contributed by atoms with Crippen LogP contribution in [-0.2, 0) is 4.79 Å². The van der Waals surface area contributed by atoms with E-state index in [1.807, 2.05) is 13.0 Å². The van der Waals surface area contributed by atoms with Gasteiger partial charge >= 0.3 is 0 Å². The molecule has 0 spiro atoms. The Balaban J connectivity index is 1.79. The molecular weight excluding hydrogens is 382 g/mol. The van der Waals surface area contributed by atoms with Gasteiger partial charge in [0.05, 0.1) is 13.3 Å². The predicted octanol–water partition coefficient (Wildman–Crippen LogP) is 3.52. The highest BCUT2D eigenvalue weighted by atomic mass is 16.5. The molecule has 2 N–H and O–H groups in total. The van der Waals surface area contributed by atoms with E-state index in [4.69, 9.17) is 9.15 Å². The van der Waals surface area contributed by atoms with Crippen molar-refractivity contribution in [2.24, 2.45) is 5.10 Å². The first kappa shape index (κ1) is 20.6. The summed E-state index contributed by atoms with van der Waals surface area (Å²) in [4.78, 5) is 25.2. The van der Waals surface area contributed by atoms with Crippen molar-refractivity contribution in [3.63, 3.8) is 0 Å². The molecule has 3 rings (SSSR count). The van der Waals surface area contributed by atoms with Crippen LogP contribution >= 0.6 is 0 Å². The SMILES string of the molecule is COc1ccc(/C=C(/NC(=O)c2ccccc2)C(=O)N/N=C\c2ccc(C)o2)cc1. The van der Waals surface area contributed by atoms with Crippen molar-refractivity contribution in [1.82, 2.24) is 10.7 Å². The Bertz CT molecular complexity index is 1070. The monoisotopic (exact) mass is 403 g/mol. The number of methoxy groups -OCH3 is 1. The van der Waals surface area contributed by atoms with Crippen molar-refractivity contribution in [3.05, 3.63) is 95.1 Å². The Hall–Kier alpha value is -4.13. The summed E-state index contributed by atoms with van der Waals surface area (Å²) in [5.74, 6) is 0.940. The summed E-state index contributed by atoms with van der Waals surface area (Å²) < 4.78 is 10.5. The van der Waals surface area contributed by atoms with E-state index >= 15 is 0 Å². The minimum atomic E-state index is -0.574. The predicted molar refractivity (Wildman–Crippen MR) is 114 cm³/mol. The lowest BCUT2D eigenvalue weighted by Crippen LogP contribution is -2.32. The average Bonchev–Trinajstić information content (AvgIpc) is 3.19. The summed E-state index contributed by atoms with van der Waals surface area (Å²) in [6.07, 6.45) is 2.94. The largest absolute Gasteiger partial charge is 0.497 e. The van der Waals surface area contributed by atoms with Gasteiger partial charge in [0, 0.05) is 5.56 Å². The summed E-state index contributed by atoms with van der Waals surface area (Å²) >= 11 is 0. The summed E-state index contributed by atoms with van der Waals surface area (Å²) in [7, 11) is 1.57. The first-order valence-corrected chi connectivity index (χ1v) is 9.17. The van der Waals surface area contributed by atoms with Crippen molar-refractivity contribution in [2.45, 2.75) is 6.92 Å². The third kappa shape index (κ3) is 5.68. The van der Waals surface area contributed by atoms with Crippen LogP contribution in [0.15, 0.2) is 81.9 Å². The highest BCUT2D eigenvalue weighted by Crippen LogP contribution is 2.14. The topological polar surface area (TPSA) is 92.9 Å². The number of carbonyl (C=O) groups is 2. The Labute approximate surface area is 174 Å². The van der Waals surface area contributed by atoms with Crippen LogP contribution < -0.4 is 15.5 Å². The number of hydrogen-bond donors (Lipinski definition) is 2. The van der Waals surface area contributed by atoms with Crippen molar-refractivity contribution in [3.8, 4) is 5.75 Å². The maximum absolute atomic E-state index is 12.7. The number of nitrogens with one attached hydrogen (secondary N) is 2. The molecule has 30 heavy (non-hydrogen) atoms. The average molecular weight is 403 g/mol. The van der Waals surface area contributed by atoms with Gasteiger partial charge in [0.2, 0.25) is 0 Å². The van der Waals surface area contributed by atoms with Crippen LogP contribution in [-0.4, -0.2) is 25.1 Å². The number of rotatable bonds is 7. The lowest BCUT2D eigenvalue weighted by atomic mass is 10.1. The van der Waals surface area contributed by atoms with E-state index in [-0.39, 0.29) is 5.70 Å². The van der Waals surface area contributed by atoms with Gasteiger partial charge in [-0.1, -0.05) is 30.3 Å². The van der Waals surface area contributed by atoms with Gasteiger partial charge in [-0.05, 0) is 55.0 Å². The van der Waals surface area contributed by atoms with Gasteiger partial charge in [-0.2, -0.15) is 5.10 Å². The van der Waals surface area contributed by atoms with Crippen LogP contribution in [0.5, 0.6) is 5.75 Å². The molecule has 0 saturated heterocycles. The smallest absolute Gasteiger partial charge is 0.287 e. The zero-order chi connectivity index (χ0) is 21.3. The maximum atomic E-state index is 12.7. The molecule has 2 amide bonds. The van der Waals surface area contributed by atoms with Crippen molar-refractivity contribution in [1.29, 1.82) is 0 Å². The molecule has 0 aliphatic heterocycles. The van der Waals surface area contributed by atoms with E-state index in [2.05, 4.69) is 15.8 Å². The van der Waals surface area contributed by atoms with E-state index in [9.17, 15) is 9.59 Å². The molecule has 0 fully saturated rings. The van der Waals surface area contributed by atoms with E-state index < -0.39 is 11.8 Å². The fraction of sp³-hybridized carbons (Fsp3) is 0.0870. The second kappa shape index (κ2) is 9.88. The molecule has 0 aliphatic carbocycles. The lowest BCUT2D eigenvalue weighted by molar-refractivity contribution is -0.117. The van der Waals surface area contributed by atoms with Crippen LogP contribution in [0.2, 0.25) is 0 Å².